The molecule has 0 aliphatic carbocycles. The van der Waals surface area contributed by atoms with Gasteiger partial charge in [-0.05, 0) is 42.7 Å². The topological polar surface area (TPSA) is 70.2 Å². The summed E-state index contributed by atoms with van der Waals surface area (Å²) >= 11 is 1.75. The largest absolute Gasteiger partial charge is 0.321 e. The number of thiazole rings is 1. The first-order valence-corrected chi connectivity index (χ1v) is 10.5. The average molecular weight is 392 g/mol. The highest BCUT2D eigenvalue weighted by molar-refractivity contribution is 7.18. The summed E-state index contributed by atoms with van der Waals surface area (Å²) in [6, 6.07) is 18.2. The molecular weight excluding hydrogens is 368 g/mol. The Morgan fingerprint density at radius 3 is 2.82 bits per heavy atom. The lowest BCUT2D eigenvalue weighted by atomic mass is 10.0. The second-order valence-electron chi connectivity index (χ2n) is 7.23. The number of fused-ring (bicyclic) bond motifs is 1. The zero-order valence-corrected chi connectivity index (χ0v) is 16.5. The fraction of sp³-hybridized carbons (Fsp3) is 0.318. The van der Waals surface area contributed by atoms with E-state index in [2.05, 4.69) is 23.5 Å². The highest BCUT2D eigenvalue weighted by Gasteiger charge is 2.31. The van der Waals surface area contributed by atoms with Gasteiger partial charge < -0.3 is 10.2 Å². The third kappa shape index (κ3) is 4.22. The Bertz CT molecular complexity index is 972. The maximum Gasteiger partial charge on any atom is 0.279 e. The molecule has 0 saturated carbocycles. The van der Waals surface area contributed by atoms with Crippen LogP contribution in [0.25, 0.3) is 10.2 Å². The summed E-state index contributed by atoms with van der Waals surface area (Å²) < 4.78 is 1.21. The van der Waals surface area contributed by atoms with Gasteiger partial charge in [0.15, 0.2) is 11.6 Å². The van der Waals surface area contributed by atoms with Crippen molar-refractivity contribution in [1.29, 1.82) is 5.26 Å². The number of nitriles is 1. The van der Waals surface area contributed by atoms with Crippen molar-refractivity contribution in [3.63, 3.8) is 0 Å². The van der Waals surface area contributed by atoms with Crippen molar-refractivity contribution in [2.75, 3.05) is 18.4 Å². The summed E-state index contributed by atoms with van der Waals surface area (Å²) in [6.45, 7) is 1.44. The van der Waals surface area contributed by atoms with Gasteiger partial charge in [-0.1, -0.05) is 24.3 Å². The zero-order chi connectivity index (χ0) is 19.3. The Hall–Kier alpha value is -2.75. The summed E-state index contributed by atoms with van der Waals surface area (Å²) in [7, 11) is 0. The first-order chi connectivity index (χ1) is 13.7. The maximum absolute atomic E-state index is 12.6. The molecule has 0 radical (unpaired) electrons. The molecule has 1 unspecified atom stereocenters. The van der Waals surface area contributed by atoms with Crippen LogP contribution in [0, 0.1) is 11.3 Å². The fourth-order valence-corrected chi connectivity index (χ4v) is 5.00. The summed E-state index contributed by atoms with van der Waals surface area (Å²) in [4.78, 5) is 18.8. The van der Waals surface area contributed by atoms with Crippen LogP contribution in [0.5, 0.6) is 0 Å². The Balaban J connectivity index is 1.44. The first kappa shape index (κ1) is 18.6. The number of carbonyl (C=O) groups is 1. The van der Waals surface area contributed by atoms with Crippen LogP contribution in [0.1, 0.15) is 35.9 Å². The summed E-state index contributed by atoms with van der Waals surface area (Å²) in [6.07, 6.45) is 3.79. The molecule has 28 heavy (non-hydrogen) atoms. The van der Waals surface area contributed by atoms with Crippen molar-refractivity contribution in [3.05, 3.63) is 59.1 Å². The maximum atomic E-state index is 12.6. The van der Waals surface area contributed by atoms with Crippen LogP contribution in [-0.4, -0.2) is 24.0 Å². The van der Waals surface area contributed by atoms with E-state index in [1.54, 1.807) is 11.3 Å². The van der Waals surface area contributed by atoms with Gasteiger partial charge in [-0.2, -0.15) is 5.26 Å². The number of benzene rings is 2. The SMILES string of the molecule is N#CCc1ccc(NC(=O)C[NH+]2CCCC[C@H]2c2nc3ccccc3s2)cc1. The van der Waals surface area contributed by atoms with Gasteiger partial charge in [-0.15, -0.1) is 11.3 Å². The molecule has 2 N–H and O–H groups in total. The minimum atomic E-state index is 0.0241. The lowest BCUT2D eigenvalue weighted by Crippen LogP contribution is -3.14. The van der Waals surface area contributed by atoms with E-state index >= 15 is 0 Å². The Morgan fingerprint density at radius 1 is 1.21 bits per heavy atom. The lowest BCUT2D eigenvalue weighted by molar-refractivity contribution is -0.929. The molecule has 0 spiro atoms. The van der Waals surface area contributed by atoms with Gasteiger partial charge in [-0.3, -0.25) is 4.79 Å². The standard InChI is InChI=1S/C22H22N4OS/c23-13-12-16-8-10-17(11-9-16)24-21(27)15-26-14-4-3-6-19(26)22-25-18-5-1-2-7-20(18)28-22/h1-2,5,7-11,19H,3-4,6,12,14-15H2,(H,24,27)/p+1/t19-/m0/s1. The minimum absolute atomic E-state index is 0.0241. The predicted octanol–water partition coefficient (Wildman–Crippen LogP) is 3.11. The van der Waals surface area contributed by atoms with Gasteiger partial charge >= 0.3 is 0 Å². The second kappa shape index (κ2) is 8.51. The number of anilines is 1. The van der Waals surface area contributed by atoms with Crippen LogP contribution in [0.3, 0.4) is 0 Å². The quantitative estimate of drug-likeness (QED) is 0.702. The van der Waals surface area contributed by atoms with E-state index in [1.165, 1.54) is 16.0 Å². The predicted molar refractivity (Wildman–Crippen MR) is 111 cm³/mol. The lowest BCUT2D eigenvalue weighted by Gasteiger charge is -2.30. The van der Waals surface area contributed by atoms with Gasteiger partial charge in [0.2, 0.25) is 0 Å². The molecule has 2 aromatic carbocycles. The van der Waals surface area contributed by atoms with Crippen LogP contribution < -0.4 is 10.2 Å². The van der Waals surface area contributed by atoms with E-state index < -0.39 is 0 Å². The molecular formula is C22H23N4OS+. The molecule has 2 heterocycles. The third-order valence-corrected chi connectivity index (χ3v) is 6.40. The van der Waals surface area contributed by atoms with Gasteiger partial charge in [0, 0.05) is 12.1 Å². The number of amides is 1. The van der Waals surface area contributed by atoms with Crippen molar-refractivity contribution in [2.24, 2.45) is 0 Å². The van der Waals surface area contributed by atoms with Crippen LogP contribution in [0.15, 0.2) is 48.5 Å². The van der Waals surface area contributed by atoms with Gasteiger partial charge in [0.25, 0.3) is 5.91 Å². The molecule has 2 atom stereocenters. The smallest absolute Gasteiger partial charge is 0.279 e. The monoisotopic (exact) mass is 391 g/mol. The summed E-state index contributed by atoms with van der Waals surface area (Å²) in [5.41, 5.74) is 2.78. The number of nitrogens with one attached hydrogen (secondary N) is 2. The molecule has 142 valence electrons. The van der Waals surface area contributed by atoms with Crippen LogP contribution in [0.4, 0.5) is 5.69 Å². The Morgan fingerprint density at radius 2 is 2.04 bits per heavy atom. The molecule has 1 aliphatic heterocycles. The Labute approximate surface area is 168 Å². The first-order valence-electron chi connectivity index (χ1n) is 9.69. The molecule has 6 heteroatoms. The number of likely N-dealkylation sites (tertiary alicyclic amines) is 1. The molecule has 0 bridgehead atoms. The highest BCUT2D eigenvalue weighted by Crippen LogP contribution is 2.28. The second-order valence-corrected chi connectivity index (χ2v) is 8.30. The number of aromatic nitrogens is 1. The van der Waals surface area contributed by atoms with Crippen molar-refractivity contribution >= 4 is 33.1 Å². The molecule has 1 aliphatic rings. The molecule has 5 nitrogen and oxygen atoms in total. The van der Waals surface area contributed by atoms with Gasteiger partial charge in [-0.25, -0.2) is 4.98 Å². The summed E-state index contributed by atoms with van der Waals surface area (Å²) in [5.74, 6) is 0.0241. The molecule has 1 fully saturated rings. The third-order valence-electron chi connectivity index (χ3n) is 5.25. The summed E-state index contributed by atoms with van der Waals surface area (Å²) in [5, 5.41) is 12.9. The molecule has 1 amide bonds. The molecule has 1 saturated heterocycles. The highest BCUT2D eigenvalue weighted by atomic mass is 32.1. The van der Waals surface area contributed by atoms with E-state index in [0.717, 1.165) is 41.2 Å². The van der Waals surface area contributed by atoms with E-state index in [0.29, 0.717) is 13.0 Å². The number of hydrogen-bond donors (Lipinski definition) is 2. The number of rotatable bonds is 5. The number of piperidine rings is 1. The average Bonchev–Trinajstić information content (AvgIpc) is 3.14. The number of para-hydroxylation sites is 1. The van der Waals surface area contributed by atoms with E-state index in [4.69, 9.17) is 10.2 Å². The van der Waals surface area contributed by atoms with E-state index in [1.807, 2.05) is 36.4 Å². The van der Waals surface area contributed by atoms with Crippen molar-refractivity contribution in [2.45, 2.75) is 31.7 Å². The molecule has 1 aromatic heterocycles. The van der Waals surface area contributed by atoms with Gasteiger partial charge in [0.1, 0.15) is 6.04 Å². The van der Waals surface area contributed by atoms with Crippen molar-refractivity contribution < 1.29 is 9.69 Å². The molecule has 4 rings (SSSR count). The number of quaternary nitrogens is 1. The Kier molecular flexibility index (Phi) is 5.65. The normalized spacial score (nSPS) is 19.2. The zero-order valence-electron chi connectivity index (χ0n) is 15.6. The van der Waals surface area contributed by atoms with Gasteiger partial charge in [0.05, 0.1) is 29.3 Å². The van der Waals surface area contributed by atoms with Crippen LogP contribution >= 0.6 is 11.3 Å². The number of carbonyl (C=O) groups excluding carboxylic acids is 1. The minimum Gasteiger partial charge on any atom is -0.321 e. The fourth-order valence-electron chi connectivity index (χ4n) is 3.84. The number of hydrogen-bond acceptors (Lipinski definition) is 4. The van der Waals surface area contributed by atoms with Crippen molar-refractivity contribution in [1.82, 2.24) is 4.98 Å². The van der Waals surface area contributed by atoms with Crippen LogP contribution in [-0.2, 0) is 11.2 Å². The number of nitrogens with zero attached hydrogens (tertiary/aromatic N) is 2. The molecule has 3 aromatic rings. The van der Waals surface area contributed by atoms with Crippen LogP contribution in [0.2, 0.25) is 0 Å². The van der Waals surface area contributed by atoms with Crippen molar-refractivity contribution in [3.8, 4) is 6.07 Å². The van der Waals surface area contributed by atoms with E-state index in [-0.39, 0.29) is 11.9 Å². The van der Waals surface area contributed by atoms with E-state index in [9.17, 15) is 4.79 Å².